The molecule has 1 aromatic carbocycles. The summed E-state index contributed by atoms with van der Waals surface area (Å²) in [6.45, 7) is 7.59. The van der Waals surface area contributed by atoms with E-state index in [0.29, 0.717) is 43.7 Å². The van der Waals surface area contributed by atoms with Gasteiger partial charge in [0.15, 0.2) is 0 Å². The highest BCUT2D eigenvalue weighted by Crippen LogP contribution is 2.25. The average molecular weight is 316 g/mol. The van der Waals surface area contributed by atoms with Crippen LogP contribution in [-0.4, -0.2) is 34.8 Å². The molecule has 7 heteroatoms. The Morgan fingerprint density at radius 3 is 2.62 bits per heavy atom. The summed E-state index contributed by atoms with van der Waals surface area (Å²) < 4.78 is 37.1. The van der Waals surface area contributed by atoms with Crippen molar-refractivity contribution in [2.24, 2.45) is 5.92 Å². The highest BCUT2D eigenvalue weighted by molar-refractivity contribution is 7.89. The third kappa shape index (κ3) is 5.91. The van der Waals surface area contributed by atoms with E-state index in [9.17, 15) is 8.42 Å². The van der Waals surface area contributed by atoms with Crippen LogP contribution in [0.25, 0.3) is 0 Å². The van der Waals surface area contributed by atoms with E-state index in [0.717, 1.165) is 0 Å². The van der Waals surface area contributed by atoms with Crippen molar-refractivity contribution in [1.82, 2.24) is 4.72 Å². The number of sulfonamides is 1. The molecule has 1 rings (SSSR count). The summed E-state index contributed by atoms with van der Waals surface area (Å²) in [5.41, 5.74) is 6.19. The van der Waals surface area contributed by atoms with Crippen LogP contribution in [0.15, 0.2) is 23.1 Å². The molecule has 0 heterocycles. The van der Waals surface area contributed by atoms with Crippen LogP contribution in [0.5, 0.6) is 5.75 Å². The van der Waals surface area contributed by atoms with Crippen LogP contribution in [0.4, 0.5) is 5.69 Å². The Kier molecular flexibility index (Phi) is 6.94. The largest absolute Gasteiger partial charge is 0.489 e. The molecule has 0 aliphatic rings. The average Bonchev–Trinajstić information content (AvgIpc) is 2.39. The molecule has 0 saturated carbocycles. The zero-order valence-electron chi connectivity index (χ0n) is 12.8. The molecule has 120 valence electrons. The number of nitrogen functional groups attached to an aromatic ring is 1. The second-order valence-corrected chi connectivity index (χ2v) is 6.79. The Morgan fingerprint density at radius 1 is 1.29 bits per heavy atom. The van der Waals surface area contributed by atoms with E-state index in [1.807, 2.05) is 0 Å². The van der Waals surface area contributed by atoms with E-state index < -0.39 is 10.0 Å². The Bertz CT molecular complexity index is 544. The van der Waals surface area contributed by atoms with E-state index in [2.05, 4.69) is 18.6 Å². The molecule has 0 aliphatic heterocycles. The van der Waals surface area contributed by atoms with Crippen molar-refractivity contribution in [3.05, 3.63) is 18.2 Å². The summed E-state index contributed by atoms with van der Waals surface area (Å²) in [4.78, 5) is 0.136. The van der Waals surface area contributed by atoms with Gasteiger partial charge in [-0.25, -0.2) is 13.1 Å². The molecule has 0 radical (unpaired) electrons. The van der Waals surface area contributed by atoms with Crippen molar-refractivity contribution in [3.8, 4) is 5.75 Å². The van der Waals surface area contributed by atoms with Crippen molar-refractivity contribution < 1.29 is 17.9 Å². The minimum Gasteiger partial charge on any atom is -0.489 e. The van der Waals surface area contributed by atoms with E-state index in [1.165, 1.54) is 18.2 Å². The zero-order valence-corrected chi connectivity index (χ0v) is 13.6. The van der Waals surface area contributed by atoms with Gasteiger partial charge in [-0.3, -0.25) is 0 Å². The summed E-state index contributed by atoms with van der Waals surface area (Å²) in [7, 11) is -3.51. The van der Waals surface area contributed by atoms with Crippen LogP contribution < -0.4 is 15.2 Å². The van der Waals surface area contributed by atoms with Crippen molar-refractivity contribution >= 4 is 15.7 Å². The van der Waals surface area contributed by atoms with Crippen LogP contribution in [0, 0.1) is 5.92 Å². The minimum absolute atomic E-state index is 0.136. The molecule has 3 N–H and O–H groups in total. The second-order valence-electron chi connectivity index (χ2n) is 5.02. The lowest BCUT2D eigenvalue weighted by Gasteiger charge is -2.12. The summed E-state index contributed by atoms with van der Waals surface area (Å²) in [6.07, 6.45) is 0. The Labute approximate surface area is 126 Å². The Balaban J connectivity index is 2.66. The van der Waals surface area contributed by atoms with Gasteiger partial charge in [-0.05, 0) is 18.1 Å². The van der Waals surface area contributed by atoms with E-state index in [4.69, 9.17) is 15.2 Å². The number of benzene rings is 1. The van der Waals surface area contributed by atoms with Gasteiger partial charge in [-0.2, -0.15) is 0 Å². The minimum atomic E-state index is -3.51. The molecular weight excluding hydrogens is 292 g/mol. The fraction of sp³-hybridized carbons (Fsp3) is 0.571. The number of hydrogen-bond donors (Lipinski definition) is 2. The van der Waals surface area contributed by atoms with Gasteiger partial charge >= 0.3 is 0 Å². The van der Waals surface area contributed by atoms with Gasteiger partial charge in [0.1, 0.15) is 12.4 Å². The van der Waals surface area contributed by atoms with Crippen molar-refractivity contribution in [2.75, 3.05) is 32.1 Å². The van der Waals surface area contributed by atoms with Crippen LogP contribution in [0.2, 0.25) is 0 Å². The first kappa shape index (κ1) is 17.7. The quantitative estimate of drug-likeness (QED) is 0.533. The molecule has 0 aliphatic carbocycles. The smallest absolute Gasteiger partial charge is 0.240 e. The zero-order chi connectivity index (χ0) is 15.9. The molecule has 0 spiro atoms. The van der Waals surface area contributed by atoms with Gasteiger partial charge in [0.2, 0.25) is 10.0 Å². The van der Waals surface area contributed by atoms with Gasteiger partial charge < -0.3 is 15.2 Å². The molecular formula is C14H24N2O4S. The van der Waals surface area contributed by atoms with E-state index in [1.54, 1.807) is 6.92 Å². The topological polar surface area (TPSA) is 90.7 Å². The Hall–Kier alpha value is -1.31. The predicted molar refractivity (Wildman–Crippen MR) is 82.9 cm³/mol. The monoisotopic (exact) mass is 316 g/mol. The fourth-order valence-corrected chi connectivity index (χ4v) is 2.67. The number of hydrogen-bond acceptors (Lipinski definition) is 5. The number of nitrogens with one attached hydrogen (secondary N) is 1. The molecule has 0 unspecified atom stereocenters. The van der Waals surface area contributed by atoms with Crippen molar-refractivity contribution in [1.29, 1.82) is 0 Å². The summed E-state index contributed by atoms with van der Waals surface area (Å²) in [6, 6.07) is 4.40. The van der Waals surface area contributed by atoms with Crippen LogP contribution >= 0.6 is 0 Å². The SMILES string of the molecule is CCNS(=O)(=O)c1ccc(N)c(OCCOCC(C)C)c1. The first-order valence-corrected chi connectivity index (χ1v) is 8.45. The molecule has 0 bridgehead atoms. The van der Waals surface area contributed by atoms with Gasteiger partial charge in [-0.1, -0.05) is 20.8 Å². The molecule has 6 nitrogen and oxygen atoms in total. The van der Waals surface area contributed by atoms with Gasteiger partial charge in [0.25, 0.3) is 0 Å². The van der Waals surface area contributed by atoms with E-state index >= 15 is 0 Å². The number of ether oxygens (including phenoxy) is 2. The van der Waals surface area contributed by atoms with Gasteiger partial charge in [0, 0.05) is 19.2 Å². The van der Waals surface area contributed by atoms with Crippen LogP contribution in [-0.2, 0) is 14.8 Å². The van der Waals surface area contributed by atoms with Crippen LogP contribution in [0.3, 0.4) is 0 Å². The summed E-state index contributed by atoms with van der Waals surface area (Å²) in [5.74, 6) is 0.811. The van der Waals surface area contributed by atoms with Gasteiger partial charge in [0.05, 0.1) is 17.2 Å². The lowest BCUT2D eigenvalue weighted by Crippen LogP contribution is -2.23. The maximum absolute atomic E-state index is 11.9. The highest BCUT2D eigenvalue weighted by Gasteiger charge is 2.14. The normalized spacial score (nSPS) is 11.8. The van der Waals surface area contributed by atoms with Crippen molar-refractivity contribution in [3.63, 3.8) is 0 Å². The Morgan fingerprint density at radius 2 is 2.00 bits per heavy atom. The predicted octanol–water partition coefficient (Wildman–Crippen LogP) is 1.62. The summed E-state index contributed by atoms with van der Waals surface area (Å²) >= 11 is 0. The highest BCUT2D eigenvalue weighted by atomic mass is 32.2. The molecule has 0 amide bonds. The molecule has 1 aromatic rings. The standard InChI is InChI=1S/C14H24N2O4S/c1-4-16-21(17,18)12-5-6-13(15)14(9-12)20-8-7-19-10-11(2)3/h5-6,9,11,16H,4,7-8,10,15H2,1-3H3. The van der Waals surface area contributed by atoms with E-state index in [-0.39, 0.29) is 4.90 Å². The fourth-order valence-electron chi connectivity index (χ4n) is 1.61. The lowest BCUT2D eigenvalue weighted by atomic mass is 10.2. The molecule has 0 fully saturated rings. The van der Waals surface area contributed by atoms with Crippen LogP contribution in [0.1, 0.15) is 20.8 Å². The van der Waals surface area contributed by atoms with Crippen molar-refractivity contribution in [2.45, 2.75) is 25.7 Å². The lowest BCUT2D eigenvalue weighted by molar-refractivity contribution is 0.0820. The maximum Gasteiger partial charge on any atom is 0.240 e. The molecule has 21 heavy (non-hydrogen) atoms. The maximum atomic E-state index is 11.9. The molecule has 0 saturated heterocycles. The number of anilines is 1. The summed E-state index contributed by atoms with van der Waals surface area (Å²) in [5, 5.41) is 0. The first-order valence-electron chi connectivity index (χ1n) is 6.96. The first-order chi connectivity index (χ1) is 9.86. The second kappa shape index (κ2) is 8.21. The number of rotatable bonds is 9. The number of nitrogens with two attached hydrogens (primary N) is 1. The third-order valence-corrected chi connectivity index (χ3v) is 4.11. The molecule has 0 atom stereocenters. The van der Waals surface area contributed by atoms with Gasteiger partial charge in [-0.15, -0.1) is 0 Å². The molecule has 0 aromatic heterocycles. The third-order valence-electron chi connectivity index (χ3n) is 2.57.